The molecule has 128 valence electrons. The third-order valence-corrected chi connectivity index (χ3v) is 2.81. The number of benzene rings is 1. The van der Waals surface area contributed by atoms with Gasteiger partial charge in [-0.1, -0.05) is 30.3 Å². The highest BCUT2D eigenvalue weighted by molar-refractivity contribution is 7.79. The summed E-state index contributed by atoms with van der Waals surface area (Å²) >= 11 is 0. The molecule has 1 aliphatic heterocycles. The lowest BCUT2D eigenvalue weighted by atomic mass is 10.1. The molecule has 5 N–H and O–H groups in total. The van der Waals surface area contributed by atoms with Gasteiger partial charge in [-0.25, -0.2) is 13.4 Å². The van der Waals surface area contributed by atoms with Crippen LogP contribution in [-0.4, -0.2) is 46.5 Å². The number of fused-ring (bicyclic) bond motifs is 1. The van der Waals surface area contributed by atoms with E-state index < -0.39 is 20.7 Å². The predicted octanol–water partition coefficient (Wildman–Crippen LogP) is -1.86. The van der Waals surface area contributed by atoms with Crippen LogP contribution in [0.15, 0.2) is 40.3 Å². The van der Waals surface area contributed by atoms with Crippen molar-refractivity contribution in [1.29, 1.82) is 0 Å². The quantitative estimate of drug-likeness (QED) is 0.325. The maximum Gasteiger partial charge on any atom is 0.278 e. The van der Waals surface area contributed by atoms with Crippen LogP contribution in [0.2, 0.25) is 0 Å². The molecule has 14 heteroatoms. The molecule has 1 aromatic heterocycles. The Labute approximate surface area is 136 Å². The van der Waals surface area contributed by atoms with Gasteiger partial charge >= 0.3 is 0 Å². The summed E-state index contributed by atoms with van der Waals surface area (Å²) in [7, 11) is -7.41. The fraction of sp³-hybridized carbons (Fsp3) is 0. The van der Waals surface area contributed by atoms with Gasteiger partial charge in [0.05, 0.1) is 0 Å². The summed E-state index contributed by atoms with van der Waals surface area (Å²) in [5.41, 5.74) is 1.41. The zero-order chi connectivity index (χ0) is 17.0. The Hall–Kier alpha value is -2.65. The molecule has 2 heterocycles. The zero-order valence-electron chi connectivity index (χ0n) is 11.9. The molecule has 0 amide bonds. The van der Waals surface area contributed by atoms with Gasteiger partial charge in [0.15, 0.2) is 0 Å². The molecule has 2 aromatic rings. The number of hydrogen-bond donors (Lipinski definition) is 2. The van der Waals surface area contributed by atoms with Crippen molar-refractivity contribution in [2.45, 2.75) is 0 Å². The third-order valence-electron chi connectivity index (χ3n) is 2.33. The normalized spacial score (nSPS) is 11.8. The summed E-state index contributed by atoms with van der Waals surface area (Å²) in [5.74, 6) is 0. The van der Waals surface area contributed by atoms with E-state index >= 15 is 0 Å². The van der Waals surface area contributed by atoms with E-state index in [1.54, 1.807) is 0 Å². The molecular weight excluding hydrogens is 364 g/mol. The molecule has 0 unspecified atom stereocenters. The van der Waals surface area contributed by atoms with Crippen LogP contribution in [0.25, 0.3) is 11.3 Å². The largest absolute Gasteiger partial charge is 0.726 e. The minimum atomic E-state index is -4.92. The topological polar surface area (TPSA) is 211 Å². The van der Waals surface area contributed by atoms with Crippen LogP contribution in [0.3, 0.4) is 0 Å². The van der Waals surface area contributed by atoms with Crippen molar-refractivity contribution >= 4 is 25.8 Å². The van der Waals surface area contributed by atoms with Crippen LogP contribution >= 0.6 is 0 Å². The van der Waals surface area contributed by atoms with E-state index in [-0.39, 0.29) is 16.8 Å². The first-order chi connectivity index (χ1) is 10.8. The summed E-state index contributed by atoms with van der Waals surface area (Å²) in [6, 6.07) is 9.20. The smallest absolute Gasteiger partial charge is 0.278 e. The van der Waals surface area contributed by atoms with Gasteiger partial charge in [-0.05, 0) is 5.21 Å². The lowest BCUT2D eigenvalue weighted by Gasteiger charge is -1.96. The third kappa shape index (κ3) is 5.21. The number of nitrogens with zero attached hydrogens (tertiary/aromatic N) is 5. The van der Waals surface area contributed by atoms with E-state index in [4.69, 9.17) is 17.5 Å². The van der Waals surface area contributed by atoms with Crippen molar-refractivity contribution in [3.05, 3.63) is 41.2 Å². The Morgan fingerprint density at radius 3 is 2.17 bits per heavy atom. The standard InChI is InChI=1S/C10H5N5O2S.H3N.H2O4S/c16-18(17)10-11-8-7(6-4-2-1-3-5-6)13-15-14-9(8)12-10;;1-5(2,3)4/h1-5H;1H3;(H2,1,2,3,4). The number of rotatable bonds is 1. The molecule has 0 radical (unpaired) electrons. The summed E-state index contributed by atoms with van der Waals surface area (Å²) in [6.45, 7) is 0. The Morgan fingerprint density at radius 1 is 1.04 bits per heavy atom. The lowest BCUT2D eigenvalue weighted by molar-refractivity contribution is 0.366. The lowest BCUT2D eigenvalue weighted by Crippen LogP contribution is -2.30. The van der Waals surface area contributed by atoms with Crippen molar-refractivity contribution in [3.8, 4) is 11.3 Å². The molecular formula is C10H10N6O6S2. The van der Waals surface area contributed by atoms with E-state index in [0.29, 0.717) is 11.1 Å². The molecule has 12 nitrogen and oxygen atoms in total. The predicted molar refractivity (Wildman–Crippen MR) is 79.8 cm³/mol. The first-order valence-corrected chi connectivity index (χ1v) is 8.06. The molecule has 3 rings (SSSR count). The maximum absolute atomic E-state index is 10.8. The Kier molecular flexibility index (Phi) is 6.27. The monoisotopic (exact) mass is 374 g/mol. The highest BCUT2D eigenvalue weighted by Gasteiger charge is 2.13. The van der Waals surface area contributed by atoms with E-state index in [1.165, 1.54) is 0 Å². The van der Waals surface area contributed by atoms with Crippen molar-refractivity contribution in [2.24, 2.45) is 9.98 Å². The molecule has 0 fully saturated rings. The second-order valence-corrected chi connectivity index (χ2v) is 5.53. The van der Waals surface area contributed by atoms with E-state index in [1.807, 2.05) is 30.3 Å². The van der Waals surface area contributed by atoms with Gasteiger partial charge in [-0.15, -0.1) is 10.2 Å². The van der Waals surface area contributed by atoms with Crippen LogP contribution in [0, 0.1) is 0 Å². The number of quaternary nitrogens is 1. The summed E-state index contributed by atoms with van der Waals surface area (Å²) in [4.78, 5) is 7.66. The van der Waals surface area contributed by atoms with Gasteiger partial charge in [-0.3, -0.25) is 4.55 Å². The minimum absolute atomic E-state index is 0. The van der Waals surface area contributed by atoms with Gasteiger partial charge in [0.1, 0.15) is 11.1 Å². The minimum Gasteiger partial charge on any atom is -0.726 e. The van der Waals surface area contributed by atoms with Crippen LogP contribution in [0.1, 0.15) is 0 Å². The van der Waals surface area contributed by atoms with Crippen molar-refractivity contribution < 1.29 is 25.9 Å². The van der Waals surface area contributed by atoms with Crippen molar-refractivity contribution in [2.75, 3.05) is 0 Å². The van der Waals surface area contributed by atoms with Crippen LogP contribution in [-0.2, 0) is 20.7 Å². The Balaban J connectivity index is 0.000000425. The second-order valence-electron chi connectivity index (χ2n) is 3.84. The Bertz CT molecular complexity index is 1080. The molecule has 0 bridgehead atoms. The molecule has 1 aliphatic rings. The van der Waals surface area contributed by atoms with Crippen molar-refractivity contribution in [1.82, 2.24) is 21.6 Å². The number of hydrogen-bond acceptors (Lipinski definition) is 8. The van der Waals surface area contributed by atoms with Crippen LogP contribution in [0.5, 0.6) is 0 Å². The number of aromatic nitrogens is 3. The summed E-state index contributed by atoms with van der Waals surface area (Å²) < 4.78 is 54.5. The van der Waals surface area contributed by atoms with Crippen molar-refractivity contribution in [3.63, 3.8) is 0 Å². The second kappa shape index (κ2) is 7.75. The van der Waals surface area contributed by atoms with Gasteiger partial charge < -0.3 is 10.7 Å². The van der Waals surface area contributed by atoms with Crippen LogP contribution in [0.4, 0.5) is 0 Å². The first kappa shape index (κ1) is 19.4. The van der Waals surface area contributed by atoms with Gasteiger partial charge in [0.2, 0.25) is 15.9 Å². The Morgan fingerprint density at radius 2 is 1.62 bits per heavy atom. The fourth-order valence-electron chi connectivity index (χ4n) is 1.56. The fourth-order valence-corrected chi connectivity index (χ4v) is 1.89. The zero-order valence-corrected chi connectivity index (χ0v) is 13.6. The molecule has 24 heavy (non-hydrogen) atoms. The molecule has 0 atom stereocenters. The maximum atomic E-state index is 10.8. The highest BCUT2D eigenvalue weighted by atomic mass is 32.3. The van der Waals surface area contributed by atoms with E-state index in [9.17, 15) is 8.42 Å². The average molecular weight is 374 g/mol. The molecule has 0 aliphatic carbocycles. The van der Waals surface area contributed by atoms with Crippen LogP contribution < -0.4 is 17.0 Å². The summed E-state index contributed by atoms with van der Waals surface area (Å²) in [5, 5.41) is 11.1. The summed E-state index contributed by atoms with van der Waals surface area (Å²) in [6.07, 6.45) is 0. The first-order valence-electron chi connectivity index (χ1n) is 5.62. The van der Waals surface area contributed by atoms with E-state index in [0.717, 1.165) is 5.56 Å². The van der Waals surface area contributed by atoms with Gasteiger partial charge in [0.25, 0.3) is 15.4 Å². The van der Waals surface area contributed by atoms with Gasteiger partial charge in [0, 0.05) is 5.56 Å². The molecule has 0 saturated heterocycles. The molecule has 0 saturated carbocycles. The highest BCUT2D eigenvalue weighted by Crippen LogP contribution is 2.10. The van der Waals surface area contributed by atoms with Gasteiger partial charge in [-0.2, -0.15) is 13.4 Å². The molecule has 0 spiro atoms. The SMILES string of the molecule is O=S(=O)([O-])O.O=S(=O)=C1N=c2nnnc(-c3ccccc3)c2=N1.[NH4+]. The van der Waals surface area contributed by atoms with E-state index in [2.05, 4.69) is 25.4 Å². The average Bonchev–Trinajstić information content (AvgIpc) is 2.90. The molecule has 1 aromatic carbocycles.